The van der Waals surface area contributed by atoms with Crippen molar-refractivity contribution in [3.63, 3.8) is 0 Å². The highest BCUT2D eigenvalue weighted by atomic mass is 19.1. The number of fused-ring (bicyclic) bond motifs is 1. The van der Waals surface area contributed by atoms with Crippen LogP contribution in [0.4, 0.5) is 14.6 Å². The molecule has 2 aromatic rings. The smallest absolute Gasteiger partial charge is 0.251 e. The van der Waals surface area contributed by atoms with Crippen molar-refractivity contribution in [3.8, 4) is 0 Å². The molecule has 0 fully saturated rings. The molecule has 0 aliphatic rings. The number of primary amides is 1. The summed E-state index contributed by atoms with van der Waals surface area (Å²) in [7, 11) is 0. The number of aromatic nitrogens is 3. The Hall–Kier alpha value is -2.37. The molecule has 3 atom stereocenters. The van der Waals surface area contributed by atoms with Crippen molar-refractivity contribution in [2.75, 3.05) is 19.0 Å². The zero-order chi connectivity index (χ0) is 18.0. The second kappa shape index (κ2) is 7.03. The number of amides is 1. The van der Waals surface area contributed by atoms with E-state index in [1.165, 1.54) is 6.92 Å². The van der Waals surface area contributed by atoms with Crippen molar-refractivity contribution in [1.29, 1.82) is 0 Å². The maximum atomic E-state index is 13.4. The van der Waals surface area contributed by atoms with Crippen molar-refractivity contribution in [2.45, 2.75) is 25.6 Å². The Morgan fingerprint density at radius 2 is 2.17 bits per heavy atom. The number of ether oxygens (including phenoxy) is 1. The molecule has 132 valence electrons. The monoisotopic (exact) mass is 345 g/mol. The fraction of sp³-hybridized carbons (Fsp3) is 0.462. The molecule has 0 saturated carbocycles. The fourth-order valence-electron chi connectivity index (χ4n) is 2.27. The van der Waals surface area contributed by atoms with E-state index in [1.54, 1.807) is 0 Å². The van der Waals surface area contributed by atoms with E-state index in [4.69, 9.17) is 26.4 Å². The summed E-state index contributed by atoms with van der Waals surface area (Å²) < 4.78 is 32.5. The number of aliphatic hydroxyl groups is 2. The summed E-state index contributed by atoms with van der Waals surface area (Å²) in [6.45, 7) is -0.509. The number of nitrogen functional groups attached to an aromatic ring is 1. The standard InChI is InChI=1S/C13H17F2N5O4/c1-5-18-11(16)9-6(12(17)23)3-20(13(9)19-5)8(2-14)24-7(4-21)10(15)22/h3,7-8,10,21-22H,2,4H2,1H3,(H2,17,23)(H2,16,18,19)/t7-,8-,10-/m1/s1. The van der Waals surface area contributed by atoms with E-state index < -0.39 is 37.9 Å². The number of anilines is 1. The molecule has 6 N–H and O–H groups in total. The first-order chi connectivity index (χ1) is 11.3. The Labute approximate surface area is 134 Å². The van der Waals surface area contributed by atoms with Crippen molar-refractivity contribution in [3.05, 3.63) is 17.6 Å². The van der Waals surface area contributed by atoms with Gasteiger partial charge in [-0.1, -0.05) is 0 Å². The largest absolute Gasteiger partial charge is 0.393 e. The van der Waals surface area contributed by atoms with Gasteiger partial charge in [0.15, 0.2) is 6.23 Å². The van der Waals surface area contributed by atoms with Crippen LogP contribution in [0.1, 0.15) is 22.4 Å². The molecular weight excluding hydrogens is 328 g/mol. The molecule has 2 rings (SSSR count). The Bertz CT molecular complexity index is 752. The number of nitrogens with zero attached hydrogens (tertiary/aromatic N) is 3. The molecule has 0 aliphatic heterocycles. The molecule has 0 unspecified atom stereocenters. The highest BCUT2D eigenvalue weighted by Crippen LogP contribution is 2.28. The fourth-order valence-corrected chi connectivity index (χ4v) is 2.27. The minimum atomic E-state index is -2.53. The predicted molar refractivity (Wildman–Crippen MR) is 79.3 cm³/mol. The van der Waals surface area contributed by atoms with Crippen molar-refractivity contribution in [1.82, 2.24) is 14.5 Å². The number of halogens is 2. The molecule has 0 bridgehead atoms. The molecular formula is C13H17F2N5O4. The maximum Gasteiger partial charge on any atom is 0.251 e. The van der Waals surface area contributed by atoms with Crippen LogP contribution in [-0.2, 0) is 4.74 Å². The average Bonchev–Trinajstić information content (AvgIpc) is 2.88. The molecule has 2 heterocycles. The van der Waals surface area contributed by atoms with Crippen LogP contribution in [0.15, 0.2) is 6.20 Å². The lowest BCUT2D eigenvalue weighted by molar-refractivity contribution is -0.163. The number of rotatable bonds is 7. The van der Waals surface area contributed by atoms with E-state index in [0.29, 0.717) is 0 Å². The van der Waals surface area contributed by atoms with Gasteiger partial charge in [0.25, 0.3) is 5.91 Å². The number of aryl methyl sites for hydroxylation is 1. The summed E-state index contributed by atoms with van der Waals surface area (Å²) in [5.74, 6) is -0.635. The molecule has 9 nitrogen and oxygen atoms in total. The van der Waals surface area contributed by atoms with Gasteiger partial charge in [-0.2, -0.15) is 0 Å². The third-order valence-corrected chi connectivity index (χ3v) is 3.34. The van der Waals surface area contributed by atoms with Crippen LogP contribution in [-0.4, -0.2) is 56.4 Å². The highest BCUT2D eigenvalue weighted by Gasteiger charge is 2.27. The molecule has 0 aromatic carbocycles. The van der Waals surface area contributed by atoms with Gasteiger partial charge in [-0.3, -0.25) is 4.79 Å². The third kappa shape index (κ3) is 3.27. The van der Waals surface area contributed by atoms with Crippen LogP contribution < -0.4 is 11.5 Å². The van der Waals surface area contributed by atoms with Crippen LogP contribution in [0.25, 0.3) is 11.0 Å². The number of hydrogen-bond donors (Lipinski definition) is 4. The zero-order valence-corrected chi connectivity index (χ0v) is 12.7. The SMILES string of the molecule is Cc1nc(N)c2c(C(N)=O)cn([C@@H](CF)O[C@H](CO)[C@@H](O)F)c2n1. The van der Waals surface area contributed by atoms with Crippen LogP contribution >= 0.6 is 0 Å². The van der Waals surface area contributed by atoms with Gasteiger partial charge < -0.3 is 31.0 Å². The van der Waals surface area contributed by atoms with E-state index in [2.05, 4.69) is 9.97 Å². The maximum absolute atomic E-state index is 13.4. The third-order valence-electron chi connectivity index (χ3n) is 3.34. The summed E-state index contributed by atoms with van der Waals surface area (Å²) in [6, 6.07) is 0. The Balaban J connectivity index is 2.59. The lowest BCUT2D eigenvalue weighted by Gasteiger charge is -2.23. The minimum absolute atomic E-state index is 0.0353. The second-order valence-electron chi connectivity index (χ2n) is 5.01. The van der Waals surface area contributed by atoms with Crippen LogP contribution in [0.2, 0.25) is 0 Å². The molecule has 1 amide bonds. The molecule has 11 heteroatoms. The molecule has 0 radical (unpaired) electrons. The lowest BCUT2D eigenvalue weighted by atomic mass is 10.2. The molecule has 2 aromatic heterocycles. The Kier molecular flexibility index (Phi) is 5.26. The van der Waals surface area contributed by atoms with E-state index in [1.807, 2.05) is 0 Å². The van der Waals surface area contributed by atoms with Gasteiger partial charge in [0.05, 0.1) is 17.6 Å². The number of alkyl halides is 2. The van der Waals surface area contributed by atoms with Gasteiger partial charge in [-0.25, -0.2) is 18.7 Å². The minimum Gasteiger partial charge on any atom is -0.393 e. The first-order valence-corrected chi connectivity index (χ1v) is 6.89. The van der Waals surface area contributed by atoms with E-state index >= 15 is 0 Å². The average molecular weight is 345 g/mol. The second-order valence-corrected chi connectivity index (χ2v) is 5.01. The summed E-state index contributed by atoms with van der Waals surface area (Å²) >= 11 is 0. The van der Waals surface area contributed by atoms with E-state index in [9.17, 15) is 13.6 Å². The van der Waals surface area contributed by atoms with E-state index in [-0.39, 0.29) is 28.2 Å². The van der Waals surface area contributed by atoms with Gasteiger partial charge in [-0.15, -0.1) is 0 Å². The van der Waals surface area contributed by atoms with Gasteiger partial charge >= 0.3 is 0 Å². The summed E-state index contributed by atoms with van der Waals surface area (Å²) in [5, 5.41) is 18.0. The number of carbonyl (C=O) groups excluding carboxylic acids is 1. The summed E-state index contributed by atoms with van der Waals surface area (Å²) in [5.41, 5.74) is 11.1. The molecule has 24 heavy (non-hydrogen) atoms. The number of hydrogen-bond acceptors (Lipinski definition) is 7. The summed E-state index contributed by atoms with van der Waals surface area (Å²) in [4.78, 5) is 19.6. The van der Waals surface area contributed by atoms with Gasteiger partial charge in [-0.05, 0) is 6.92 Å². The quantitative estimate of drug-likeness (QED) is 0.531. The normalized spacial score (nSPS) is 15.4. The number of nitrogens with two attached hydrogens (primary N) is 2. The number of aliphatic hydroxyl groups excluding tert-OH is 2. The molecule has 0 saturated heterocycles. The molecule has 0 aliphatic carbocycles. The van der Waals surface area contributed by atoms with Crippen molar-refractivity contribution < 1.29 is 28.5 Å². The molecule has 0 spiro atoms. The Morgan fingerprint density at radius 3 is 2.67 bits per heavy atom. The lowest BCUT2D eigenvalue weighted by Crippen LogP contribution is -2.33. The zero-order valence-electron chi connectivity index (χ0n) is 12.7. The highest BCUT2D eigenvalue weighted by molar-refractivity contribution is 6.08. The van der Waals surface area contributed by atoms with Crippen LogP contribution in [0.3, 0.4) is 0 Å². The topological polar surface area (TPSA) is 150 Å². The summed E-state index contributed by atoms with van der Waals surface area (Å²) in [6.07, 6.45) is -4.53. The van der Waals surface area contributed by atoms with Gasteiger partial charge in [0, 0.05) is 6.20 Å². The van der Waals surface area contributed by atoms with Gasteiger partial charge in [0.1, 0.15) is 30.1 Å². The van der Waals surface area contributed by atoms with Crippen LogP contribution in [0, 0.1) is 6.92 Å². The van der Waals surface area contributed by atoms with Gasteiger partial charge in [0.2, 0.25) is 6.36 Å². The number of carbonyl (C=O) groups is 1. The first-order valence-electron chi connectivity index (χ1n) is 6.89. The van der Waals surface area contributed by atoms with E-state index in [0.717, 1.165) is 10.8 Å². The van der Waals surface area contributed by atoms with Crippen molar-refractivity contribution >= 4 is 22.8 Å². The first kappa shape index (κ1) is 18.0. The predicted octanol–water partition coefficient (Wildman–Crippen LogP) is -0.446. The van der Waals surface area contributed by atoms with Crippen molar-refractivity contribution in [2.24, 2.45) is 5.73 Å². The van der Waals surface area contributed by atoms with Crippen LogP contribution in [0.5, 0.6) is 0 Å². The Morgan fingerprint density at radius 1 is 1.50 bits per heavy atom.